The normalized spacial score (nSPS) is 12.3. The van der Waals surface area contributed by atoms with Crippen LogP contribution in [-0.4, -0.2) is 40.1 Å². The van der Waals surface area contributed by atoms with Gasteiger partial charge in [0.15, 0.2) is 0 Å². The lowest BCUT2D eigenvalue weighted by Gasteiger charge is -2.26. The summed E-state index contributed by atoms with van der Waals surface area (Å²) in [5, 5.41) is 11.7. The second-order valence-corrected chi connectivity index (χ2v) is 5.57. The van der Waals surface area contributed by atoms with Crippen LogP contribution in [0.25, 0.3) is 0 Å². The number of hydrogen-bond donors (Lipinski definition) is 3. The smallest absolute Gasteiger partial charge is 0.354 e. The number of amides is 2. The van der Waals surface area contributed by atoms with E-state index >= 15 is 0 Å². The molecule has 0 spiro atoms. The van der Waals surface area contributed by atoms with Crippen molar-refractivity contribution < 1.29 is 14.7 Å². The van der Waals surface area contributed by atoms with E-state index in [9.17, 15) is 9.59 Å². The fourth-order valence-electron chi connectivity index (χ4n) is 2.10. The highest BCUT2D eigenvalue weighted by Crippen LogP contribution is 2.18. The van der Waals surface area contributed by atoms with E-state index in [0.717, 1.165) is 6.42 Å². The molecule has 1 aromatic heterocycles. The van der Waals surface area contributed by atoms with Gasteiger partial charge < -0.3 is 20.3 Å². The van der Waals surface area contributed by atoms with Gasteiger partial charge in [-0.25, -0.2) is 9.59 Å². The number of carbonyl (C=O) groups excluding carboxylic acids is 1. The first kappa shape index (κ1) is 16.1. The minimum Gasteiger partial charge on any atom is -0.477 e. The number of urea groups is 1. The van der Waals surface area contributed by atoms with Crippen LogP contribution in [0.1, 0.15) is 43.4 Å². The SMILES string of the molecule is Cc1cc(NC(=O)N(C)C(C)CC(C)C)c(C(=O)O)[nH]1. The first-order valence-electron chi connectivity index (χ1n) is 6.69. The molecule has 1 atom stereocenters. The van der Waals surface area contributed by atoms with E-state index in [1.165, 1.54) is 0 Å². The van der Waals surface area contributed by atoms with E-state index in [1.54, 1.807) is 24.9 Å². The molecule has 6 nitrogen and oxygen atoms in total. The Morgan fingerprint density at radius 2 is 2.00 bits per heavy atom. The van der Waals surface area contributed by atoms with Gasteiger partial charge in [0.05, 0.1) is 5.69 Å². The van der Waals surface area contributed by atoms with E-state index in [-0.39, 0.29) is 17.8 Å². The van der Waals surface area contributed by atoms with Gasteiger partial charge in [0.2, 0.25) is 0 Å². The van der Waals surface area contributed by atoms with Crippen molar-refractivity contribution in [1.29, 1.82) is 0 Å². The minimum absolute atomic E-state index is 0.000706. The summed E-state index contributed by atoms with van der Waals surface area (Å²) in [6, 6.07) is 1.39. The number of aromatic amines is 1. The van der Waals surface area contributed by atoms with Crippen LogP contribution in [-0.2, 0) is 0 Å². The molecule has 20 heavy (non-hydrogen) atoms. The lowest BCUT2D eigenvalue weighted by atomic mass is 10.0. The predicted molar refractivity (Wildman–Crippen MR) is 78.2 cm³/mol. The van der Waals surface area contributed by atoms with Gasteiger partial charge in [0.1, 0.15) is 5.69 Å². The van der Waals surface area contributed by atoms with Gasteiger partial charge in [0.25, 0.3) is 0 Å². The molecular weight excluding hydrogens is 258 g/mol. The molecule has 0 fully saturated rings. The zero-order chi connectivity index (χ0) is 15.4. The van der Waals surface area contributed by atoms with Crippen molar-refractivity contribution in [3.8, 4) is 0 Å². The van der Waals surface area contributed by atoms with E-state index in [4.69, 9.17) is 5.11 Å². The number of aromatic carboxylic acids is 1. The molecule has 0 bridgehead atoms. The van der Waals surface area contributed by atoms with Gasteiger partial charge >= 0.3 is 12.0 Å². The van der Waals surface area contributed by atoms with E-state index in [2.05, 4.69) is 24.1 Å². The Hall–Kier alpha value is -1.98. The molecule has 3 N–H and O–H groups in total. The van der Waals surface area contributed by atoms with E-state index < -0.39 is 5.97 Å². The van der Waals surface area contributed by atoms with Crippen LogP contribution in [0.2, 0.25) is 0 Å². The Bertz CT molecular complexity index is 494. The number of hydrogen-bond acceptors (Lipinski definition) is 2. The van der Waals surface area contributed by atoms with Crippen molar-refractivity contribution in [2.24, 2.45) is 5.92 Å². The van der Waals surface area contributed by atoms with Crippen molar-refractivity contribution in [3.63, 3.8) is 0 Å². The van der Waals surface area contributed by atoms with Crippen LogP contribution in [0.5, 0.6) is 0 Å². The van der Waals surface area contributed by atoms with Crippen LogP contribution in [0, 0.1) is 12.8 Å². The summed E-state index contributed by atoms with van der Waals surface area (Å²) in [6.07, 6.45) is 0.891. The summed E-state index contributed by atoms with van der Waals surface area (Å²) >= 11 is 0. The van der Waals surface area contributed by atoms with Crippen molar-refractivity contribution in [2.75, 3.05) is 12.4 Å². The molecule has 0 aromatic carbocycles. The lowest BCUT2D eigenvalue weighted by molar-refractivity contribution is 0.0692. The van der Waals surface area contributed by atoms with Gasteiger partial charge in [0, 0.05) is 18.8 Å². The first-order chi connectivity index (χ1) is 9.22. The van der Waals surface area contributed by atoms with Crippen LogP contribution in [0.15, 0.2) is 6.07 Å². The Morgan fingerprint density at radius 3 is 2.50 bits per heavy atom. The molecule has 1 aromatic rings. The number of aryl methyl sites for hydroxylation is 1. The highest BCUT2D eigenvalue weighted by atomic mass is 16.4. The molecule has 0 aliphatic carbocycles. The fourth-order valence-corrected chi connectivity index (χ4v) is 2.10. The highest BCUT2D eigenvalue weighted by Gasteiger charge is 2.20. The summed E-state index contributed by atoms with van der Waals surface area (Å²) in [7, 11) is 1.71. The summed E-state index contributed by atoms with van der Waals surface area (Å²) in [5.41, 5.74) is 0.986. The maximum absolute atomic E-state index is 12.1. The average Bonchev–Trinajstić information content (AvgIpc) is 2.68. The topological polar surface area (TPSA) is 85.4 Å². The molecular formula is C14H23N3O3. The second-order valence-electron chi connectivity index (χ2n) is 5.57. The van der Waals surface area contributed by atoms with Crippen molar-refractivity contribution >= 4 is 17.7 Å². The summed E-state index contributed by atoms with van der Waals surface area (Å²) < 4.78 is 0. The molecule has 0 radical (unpaired) electrons. The third kappa shape index (κ3) is 4.01. The molecule has 6 heteroatoms. The Kier molecular flexibility index (Phi) is 5.19. The number of aromatic nitrogens is 1. The second kappa shape index (κ2) is 6.45. The predicted octanol–water partition coefficient (Wildman–Crippen LogP) is 2.92. The monoisotopic (exact) mass is 281 g/mol. The van der Waals surface area contributed by atoms with Crippen molar-refractivity contribution in [3.05, 3.63) is 17.5 Å². The van der Waals surface area contributed by atoms with E-state index in [0.29, 0.717) is 17.3 Å². The number of carbonyl (C=O) groups is 2. The van der Waals surface area contributed by atoms with Crippen molar-refractivity contribution in [1.82, 2.24) is 9.88 Å². The molecule has 0 saturated carbocycles. The zero-order valence-corrected chi connectivity index (χ0v) is 12.7. The molecule has 0 saturated heterocycles. The Morgan fingerprint density at radius 1 is 1.40 bits per heavy atom. The maximum atomic E-state index is 12.1. The van der Waals surface area contributed by atoms with Gasteiger partial charge in [-0.3, -0.25) is 0 Å². The van der Waals surface area contributed by atoms with Crippen LogP contribution < -0.4 is 5.32 Å². The summed E-state index contributed by atoms with van der Waals surface area (Å²) in [4.78, 5) is 27.5. The first-order valence-corrected chi connectivity index (χ1v) is 6.69. The standard InChI is InChI=1S/C14H23N3O3/c1-8(2)6-10(4)17(5)14(20)16-11-7-9(3)15-12(11)13(18)19/h7-8,10,15H,6H2,1-5H3,(H,16,20)(H,18,19). The number of carboxylic acids is 1. The molecule has 1 heterocycles. The van der Waals surface area contributed by atoms with E-state index in [1.807, 2.05) is 6.92 Å². The summed E-state index contributed by atoms with van der Waals surface area (Å²) in [5.74, 6) is -0.601. The largest absolute Gasteiger partial charge is 0.477 e. The van der Waals surface area contributed by atoms with Gasteiger partial charge in [-0.05, 0) is 32.3 Å². The zero-order valence-electron chi connectivity index (χ0n) is 12.7. The fraction of sp³-hybridized carbons (Fsp3) is 0.571. The lowest BCUT2D eigenvalue weighted by Crippen LogP contribution is -2.39. The minimum atomic E-state index is -1.09. The van der Waals surface area contributed by atoms with Crippen LogP contribution >= 0.6 is 0 Å². The Labute approximate surface area is 119 Å². The molecule has 2 amide bonds. The molecule has 0 aliphatic rings. The quantitative estimate of drug-likeness (QED) is 0.775. The maximum Gasteiger partial charge on any atom is 0.354 e. The van der Waals surface area contributed by atoms with Crippen molar-refractivity contribution in [2.45, 2.75) is 40.2 Å². The van der Waals surface area contributed by atoms with Gasteiger partial charge in [-0.1, -0.05) is 13.8 Å². The Balaban J connectivity index is 2.78. The molecule has 1 rings (SSSR count). The molecule has 0 aliphatic heterocycles. The highest BCUT2D eigenvalue weighted by molar-refractivity contribution is 5.99. The molecule has 1 unspecified atom stereocenters. The number of carboxylic acid groups (broad SMARTS) is 1. The number of nitrogens with zero attached hydrogens (tertiary/aromatic N) is 1. The number of H-pyrrole nitrogens is 1. The third-order valence-corrected chi connectivity index (χ3v) is 3.20. The van der Waals surface area contributed by atoms with Gasteiger partial charge in [-0.2, -0.15) is 0 Å². The summed E-state index contributed by atoms with van der Waals surface area (Å²) in [6.45, 7) is 7.91. The number of nitrogens with one attached hydrogen (secondary N) is 2. The number of anilines is 1. The van der Waals surface area contributed by atoms with Crippen LogP contribution in [0.4, 0.5) is 10.5 Å². The number of rotatable bonds is 5. The van der Waals surface area contributed by atoms with Gasteiger partial charge in [-0.15, -0.1) is 0 Å². The third-order valence-electron chi connectivity index (χ3n) is 3.20. The average molecular weight is 281 g/mol. The van der Waals surface area contributed by atoms with Crippen LogP contribution in [0.3, 0.4) is 0 Å². The molecule has 112 valence electrons.